The van der Waals surface area contributed by atoms with Crippen LogP contribution in [0.4, 0.5) is 0 Å². The molecule has 0 aliphatic rings. The normalized spacial score (nSPS) is 15.1. The molecule has 1 heterocycles. The minimum atomic E-state index is 0.199. The number of nitrogens with zero attached hydrogens (tertiary/aromatic N) is 3. The Morgan fingerprint density at radius 3 is 2.87 bits per heavy atom. The Labute approximate surface area is 90.5 Å². The van der Waals surface area contributed by atoms with Gasteiger partial charge in [0, 0.05) is 18.6 Å². The van der Waals surface area contributed by atoms with E-state index in [1.807, 2.05) is 4.68 Å². The van der Waals surface area contributed by atoms with Crippen LogP contribution in [-0.4, -0.2) is 38.6 Å². The van der Waals surface area contributed by atoms with Crippen molar-refractivity contribution in [2.75, 3.05) is 6.61 Å². The molecule has 5 heteroatoms. The lowest BCUT2D eigenvalue weighted by Gasteiger charge is -2.20. The van der Waals surface area contributed by atoms with Gasteiger partial charge in [0.25, 0.3) is 0 Å². The maximum atomic E-state index is 9.04. The van der Waals surface area contributed by atoms with Gasteiger partial charge in [0.15, 0.2) is 0 Å². The van der Waals surface area contributed by atoms with Crippen LogP contribution in [0.15, 0.2) is 12.7 Å². The van der Waals surface area contributed by atoms with Gasteiger partial charge in [0.1, 0.15) is 12.7 Å². The largest absolute Gasteiger partial charge is 0.395 e. The Kier molecular flexibility index (Phi) is 5.28. The van der Waals surface area contributed by atoms with Crippen molar-refractivity contribution in [3.63, 3.8) is 0 Å². The predicted octanol–water partition coefficient (Wildman–Crippen LogP) is 0.417. The average Bonchev–Trinajstić information content (AvgIpc) is 2.75. The van der Waals surface area contributed by atoms with Crippen molar-refractivity contribution in [2.24, 2.45) is 0 Å². The molecule has 0 bridgehead atoms. The molecule has 0 aromatic carbocycles. The number of rotatable bonds is 7. The Morgan fingerprint density at radius 1 is 1.53 bits per heavy atom. The van der Waals surface area contributed by atoms with E-state index in [0.29, 0.717) is 6.04 Å². The third-order valence-electron chi connectivity index (χ3n) is 2.49. The molecule has 0 spiro atoms. The maximum Gasteiger partial charge on any atom is 0.137 e. The lowest BCUT2D eigenvalue weighted by atomic mass is 10.1. The molecule has 5 nitrogen and oxygen atoms in total. The zero-order chi connectivity index (χ0) is 11.1. The minimum Gasteiger partial charge on any atom is -0.395 e. The first-order chi connectivity index (χ1) is 7.26. The third kappa shape index (κ3) is 4.40. The fourth-order valence-corrected chi connectivity index (χ4v) is 1.46. The van der Waals surface area contributed by atoms with Gasteiger partial charge in [-0.1, -0.05) is 6.92 Å². The lowest BCUT2D eigenvalue weighted by Crippen LogP contribution is -2.39. The Hall–Kier alpha value is -0.940. The van der Waals surface area contributed by atoms with Crippen molar-refractivity contribution in [3.8, 4) is 0 Å². The molecular formula is C10H20N4O. The molecule has 1 rings (SSSR count). The van der Waals surface area contributed by atoms with Crippen LogP contribution in [0.2, 0.25) is 0 Å². The highest BCUT2D eigenvalue weighted by Crippen LogP contribution is 1.98. The molecule has 0 fully saturated rings. The summed E-state index contributed by atoms with van der Waals surface area (Å²) in [4.78, 5) is 3.88. The summed E-state index contributed by atoms with van der Waals surface area (Å²) in [6.45, 7) is 5.24. The molecule has 0 saturated heterocycles. The van der Waals surface area contributed by atoms with E-state index in [4.69, 9.17) is 5.11 Å². The molecule has 2 atom stereocenters. The van der Waals surface area contributed by atoms with Crippen molar-refractivity contribution in [2.45, 2.75) is 45.3 Å². The Balaban J connectivity index is 2.21. The van der Waals surface area contributed by atoms with Crippen LogP contribution in [0.3, 0.4) is 0 Å². The predicted molar refractivity (Wildman–Crippen MR) is 58.4 cm³/mol. The standard InChI is InChI=1S/C10H20N4O/c1-3-10(6-15)13-9(2)4-5-14-8-11-7-12-14/h7-10,13,15H,3-6H2,1-2H3/t9?,10-/m1/s1. The van der Waals surface area contributed by atoms with E-state index in [-0.39, 0.29) is 12.6 Å². The topological polar surface area (TPSA) is 63.0 Å². The van der Waals surface area contributed by atoms with Gasteiger partial charge in [0.05, 0.1) is 6.61 Å². The molecule has 1 unspecified atom stereocenters. The maximum absolute atomic E-state index is 9.04. The molecular weight excluding hydrogens is 192 g/mol. The van der Waals surface area contributed by atoms with E-state index in [9.17, 15) is 0 Å². The summed E-state index contributed by atoms with van der Waals surface area (Å²) in [6, 6.07) is 0.585. The summed E-state index contributed by atoms with van der Waals surface area (Å²) in [5.41, 5.74) is 0. The van der Waals surface area contributed by atoms with Crippen molar-refractivity contribution in [1.29, 1.82) is 0 Å². The summed E-state index contributed by atoms with van der Waals surface area (Å²) in [5, 5.41) is 16.4. The number of hydrogen-bond acceptors (Lipinski definition) is 4. The molecule has 0 aliphatic heterocycles. The Bertz CT molecular complexity index is 246. The number of hydrogen-bond donors (Lipinski definition) is 2. The number of aryl methyl sites for hydroxylation is 1. The highest BCUT2D eigenvalue weighted by atomic mass is 16.3. The van der Waals surface area contributed by atoms with Crippen LogP contribution in [-0.2, 0) is 6.54 Å². The van der Waals surface area contributed by atoms with Gasteiger partial charge in [0.2, 0.25) is 0 Å². The molecule has 1 aromatic rings. The van der Waals surface area contributed by atoms with Gasteiger partial charge >= 0.3 is 0 Å². The van der Waals surface area contributed by atoms with Gasteiger partial charge in [-0.05, 0) is 19.8 Å². The lowest BCUT2D eigenvalue weighted by molar-refractivity contribution is 0.226. The van der Waals surface area contributed by atoms with Gasteiger partial charge < -0.3 is 10.4 Å². The first kappa shape index (κ1) is 12.1. The summed E-state index contributed by atoms with van der Waals surface area (Å²) in [6.07, 6.45) is 5.20. The molecule has 0 saturated carbocycles. The van der Waals surface area contributed by atoms with E-state index in [2.05, 4.69) is 29.2 Å². The van der Waals surface area contributed by atoms with E-state index in [0.717, 1.165) is 19.4 Å². The summed E-state index contributed by atoms with van der Waals surface area (Å²) in [7, 11) is 0. The quantitative estimate of drug-likeness (QED) is 0.687. The van der Waals surface area contributed by atoms with Crippen LogP contribution in [0.25, 0.3) is 0 Å². The SMILES string of the molecule is CC[C@H](CO)NC(C)CCn1cncn1. The first-order valence-electron chi connectivity index (χ1n) is 5.45. The summed E-state index contributed by atoms with van der Waals surface area (Å²) < 4.78 is 1.82. The average molecular weight is 212 g/mol. The highest BCUT2D eigenvalue weighted by molar-refractivity contribution is 4.69. The first-order valence-corrected chi connectivity index (χ1v) is 5.45. The monoisotopic (exact) mass is 212 g/mol. The van der Waals surface area contributed by atoms with Crippen molar-refractivity contribution >= 4 is 0 Å². The van der Waals surface area contributed by atoms with Crippen molar-refractivity contribution in [1.82, 2.24) is 20.1 Å². The van der Waals surface area contributed by atoms with Gasteiger partial charge in [-0.2, -0.15) is 5.10 Å². The fraction of sp³-hybridized carbons (Fsp3) is 0.800. The molecule has 86 valence electrons. The van der Waals surface area contributed by atoms with Gasteiger partial charge in [-0.15, -0.1) is 0 Å². The van der Waals surface area contributed by atoms with Crippen LogP contribution in [0.1, 0.15) is 26.7 Å². The van der Waals surface area contributed by atoms with Gasteiger partial charge in [-0.3, -0.25) is 4.68 Å². The summed E-state index contributed by atoms with van der Waals surface area (Å²) >= 11 is 0. The molecule has 0 amide bonds. The van der Waals surface area contributed by atoms with E-state index in [1.54, 1.807) is 12.7 Å². The fourth-order valence-electron chi connectivity index (χ4n) is 1.46. The highest BCUT2D eigenvalue weighted by Gasteiger charge is 2.08. The third-order valence-corrected chi connectivity index (χ3v) is 2.49. The van der Waals surface area contributed by atoms with Crippen molar-refractivity contribution in [3.05, 3.63) is 12.7 Å². The molecule has 1 aromatic heterocycles. The number of aliphatic hydroxyl groups is 1. The van der Waals surface area contributed by atoms with E-state index >= 15 is 0 Å². The number of aromatic nitrogens is 3. The van der Waals surface area contributed by atoms with E-state index < -0.39 is 0 Å². The molecule has 0 radical (unpaired) electrons. The molecule has 0 aliphatic carbocycles. The van der Waals surface area contributed by atoms with Crippen LogP contribution < -0.4 is 5.32 Å². The second kappa shape index (κ2) is 6.53. The van der Waals surface area contributed by atoms with E-state index in [1.165, 1.54) is 0 Å². The van der Waals surface area contributed by atoms with Gasteiger partial charge in [-0.25, -0.2) is 4.98 Å². The zero-order valence-corrected chi connectivity index (χ0v) is 9.43. The van der Waals surface area contributed by atoms with Crippen LogP contribution in [0, 0.1) is 0 Å². The minimum absolute atomic E-state index is 0.199. The summed E-state index contributed by atoms with van der Waals surface area (Å²) in [5.74, 6) is 0. The molecule has 2 N–H and O–H groups in total. The number of aliphatic hydroxyl groups excluding tert-OH is 1. The zero-order valence-electron chi connectivity index (χ0n) is 9.43. The van der Waals surface area contributed by atoms with Crippen LogP contribution >= 0.6 is 0 Å². The second-order valence-electron chi connectivity index (χ2n) is 3.80. The second-order valence-corrected chi connectivity index (χ2v) is 3.80. The smallest absolute Gasteiger partial charge is 0.137 e. The number of nitrogens with one attached hydrogen (secondary N) is 1. The molecule has 15 heavy (non-hydrogen) atoms. The van der Waals surface area contributed by atoms with Crippen molar-refractivity contribution < 1.29 is 5.11 Å². The van der Waals surface area contributed by atoms with Crippen LogP contribution in [0.5, 0.6) is 0 Å². The Morgan fingerprint density at radius 2 is 2.33 bits per heavy atom.